The molecule has 0 N–H and O–H groups in total. The molecule has 2 aliphatic rings. The van der Waals surface area contributed by atoms with E-state index in [1.807, 2.05) is 0 Å². The van der Waals surface area contributed by atoms with E-state index in [0.717, 1.165) is 16.5 Å². The minimum Gasteiger partial charge on any atom is -0.207 e. The van der Waals surface area contributed by atoms with Crippen molar-refractivity contribution in [3.63, 3.8) is 0 Å². The van der Waals surface area contributed by atoms with Gasteiger partial charge in [0.25, 0.3) is 0 Å². The number of rotatable bonds is 2. The first-order chi connectivity index (χ1) is 13.7. The summed E-state index contributed by atoms with van der Waals surface area (Å²) in [4.78, 5) is 0. The average molecular weight is 390 g/mol. The molecule has 2 aromatic carbocycles. The highest BCUT2D eigenvalue weighted by atomic mass is 19.3. The first-order valence-corrected chi connectivity index (χ1v) is 10.4. The van der Waals surface area contributed by atoms with Crippen molar-refractivity contribution >= 4 is 22.4 Å². The molecule has 0 aliphatic heterocycles. The number of hydrogen-bond donors (Lipinski definition) is 0. The van der Waals surface area contributed by atoms with Crippen LogP contribution in [0.3, 0.4) is 0 Å². The molecule has 1 nitrogen and oxygen atoms in total. The molecule has 1 aromatic heterocycles. The number of aromatic nitrogens is 1. The Morgan fingerprint density at radius 3 is 2.59 bits per heavy atom. The second-order valence-corrected chi connectivity index (χ2v) is 8.96. The van der Waals surface area contributed by atoms with Crippen molar-refractivity contribution in [1.29, 1.82) is 0 Å². The average Bonchev–Trinajstić information content (AvgIpc) is 3.22. The molecule has 3 heteroatoms. The summed E-state index contributed by atoms with van der Waals surface area (Å²) in [5, 5.41) is 2.38. The minimum absolute atomic E-state index is 0.00287. The molecule has 148 valence electrons. The Kier molecular flexibility index (Phi) is 3.96. The highest BCUT2D eigenvalue weighted by Crippen LogP contribution is 2.47. The fourth-order valence-corrected chi connectivity index (χ4v) is 5.22. The summed E-state index contributed by atoms with van der Waals surface area (Å²) in [6.45, 7) is 6.48. The maximum Gasteiger partial charge on any atom is 0.248 e. The van der Waals surface area contributed by atoms with Gasteiger partial charge in [-0.2, -0.15) is 0 Å². The van der Waals surface area contributed by atoms with Gasteiger partial charge in [0.15, 0.2) is 6.20 Å². The lowest BCUT2D eigenvalue weighted by Crippen LogP contribution is -2.32. The summed E-state index contributed by atoms with van der Waals surface area (Å²) in [6.07, 6.45) is 4.89. The van der Waals surface area contributed by atoms with Crippen LogP contribution in [0.5, 0.6) is 0 Å². The minimum atomic E-state index is -2.52. The van der Waals surface area contributed by atoms with Crippen LogP contribution in [0.4, 0.5) is 8.78 Å². The molecule has 1 saturated carbocycles. The highest BCUT2D eigenvalue weighted by molar-refractivity contribution is 6.11. The van der Waals surface area contributed by atoms with E-state index in [1.54, 1.807) is 0 Å². The van der Waals surface area contributed by atoms with E-state index in [9.17, 15) is 8.78 Å². The molecule has 0 saturated heterocycles. The van der Waals surface area contributed by atoms with Gasteiger partial charge in [-0.15, -0.1) is 0 Å². The van der Waals surface area contributed by atoms with Crippen molar-refractivity contribution in [2.24, 2.45) is 7.05 Å². The first kappa shape index (κ1) is 18.5. The van der Waals surface area contributed by atoms with Crippen LogP contribution in [0, 0.1) is 20.8 Å². The Bertz CT molecular complexity index is 1200. The third-order valence-corrected chi connectivity index (χ3v) is 6.82. The summed E-state index contributed by atoms with van der Waals surface area (Å²) < 4.78 is 29.8. The second kappa shape index (κ2) is 6.22. The summed E-state index contributed by atoms with van der Waals surface area (Å²) in [5.74, 6) is -2.57. The highest BCUT2D eigenvalue weighted by Gasteiger charge is 2.40. The SMILES string of the molecule is Cc1cc(C)c(C)c(C2=Cc3cc(C4CCC(F)(F)C4)cc4cc[n+](C)c2c34)c1. The van der Waals surface area contributed by atoms with Crippen LogP contribution < -0.4 is 4.57 Å². The van der Waals surface area contributed by atoms with Gasteiger partial charge in [-0.3, -0.25) is 0 Å². The number of hydrogen-bond acceptors (Lipinski definition) is 0. The van der Waals surface area contributed by atoms with E-state index in [-0.39, 0.29) is 18.8 Å². The molecule has 0 spiro atoms. The van der Waals surface area contributed by atoms with Gasteiger partial charge >= 0.3 is 0 Å². The molecule has 2 aliphatic carbocycles. The van der Waals surface area contributed by atoms with E-state index >= 15 is 0 Å². The van der Waals surface area contributed by atoms with Gasteiger partial charge in [-0.1, -0.05) is 29.8 Å². The third kappa shape index (κ3) is 2.90. The fourth-order valence-electron chi connectivity index (χ4n) is 5.22. The van der Waals surface area contributed by atoms with Crippen molar-refractivity contribution < 1.29 is 13.3 Å². The Morgan fingerprint density at radius 1 is 1.07 bits per heavy atom. The smallest absolute Gasteiger partial charge is 0.207 e. The molecular formula is C26H26F2N+. The lowest BCUT2D eigenvalue weighted by molar-refractivity contribution is -0.672. The number of aryl methyl sites for hydroxylation is 3. The van der Waals surface area contributed by atoms with Gasteiger partial charge < -0.3 is 0 Å². The van der Waals surface area contributed by atoms with E-state index in [2.05, 4.69) is 75.0 Å². The lowest BCUT2D eigenvalue weighted by atomic mass is 9.92. The van der Waals surface area contributed by atoms with Gasteiger partial charge in [0, 0.05) is 18.9 Å². The van der Waals surface area contributed by atoms with E-state index < -0.39 is 5.92 Å². The topological polar surface area (TPSA) is 3.88 Å². The van der Waals surface area contributed by atoms with Crippen LogP contribution in [-0.4, -0.2) is 5.92 Å². The van der Waals surface area contributed by atoms with Crippen molar-refractivity contribution in [2.75, 3.05) is 0 Å². The number of alkyl halides is 2. The number of benzene rings is 2. The molecule has 29 heavy (non-hydrogen) atoms. The Balaban J connectivity index is 1.71. The predicted molar refractivity (Wildman–Crippen MR) is 114 cm³/mol. The van der Waals surface area contributed by atoms with Crippen LogP contribution in [-0.2, 0) is 7.05 Å². The van der Waals surface area contributed by atoms with Crippen molar-refractivity contribution in [2.45, 2.75) is 51.9 Å². The lowest BCUT2D eigenvalue weighted by Gasteiger charge is -2.13. The molecule has 1 atom stereocenters. The quantitative estimate of drug-likeness (QED) is 0.349. The Morgan fingerprint density at radius 2 is 1.86 bits per heavy atom. The fraction of sp³-hybridized carbons (Fsp3) is 0.346. The third-order valence-electron chi connectivity index (χ3n) is 6.82. The van der Waals surface area contributed by atoms with Gasteiger partial charge in [0.05, 0.1) is 11.0 Å². The maximum absolute atomic E-state index is 13.8. The maximum atomic E-state index is 13.8. The van der Waals surface area contributed by atoms with E-state index in [4.69, 9.17) is 0 Å². The van der Waals surface area contributed by atoms with Crippen LogP contribution in [0.25, 0.3) is 22.4 Å². The van der Waals surface area contributed by atoms with E-state index in [0.29, 0.717) is 6.42 Å². The molecule has 3 aromatic rings. The monoisotopic (exact) mass is 390 g/mol. The molecular weight excluding hydrogens is 364 g/mol. The second-order valence-electron chi connectivity index (χ2n) is 8.96. The molecule has 0 bridgehead atoms. The zero-order chi connectivity index (χ0) is 20.5. The number of pyridine rings is 1. The van der Waals surface area contributed by atoms with Crippen molar-refractivity contribution in [3.8, 4) is 0 Å². The van der Waals surface area contributed by atoms with Gasteiger partial charge in [-0.25, -0.2) is 13.3 Å². The Hall–Kier alpha value is -2.55. The van der Waals surface area contributed by atoms with Gasteiger partial charge in [0.2, 0.25) is 11.6 Å². The zero-order valence-corrected chi connectivity index (χ0v) is 17.4. The predicted octanol–water partition coefficient (Wildman–Crippen LogP) is 6.39. The van der Waals surface area contributed by atoms with Crippen LogP contribution in [0.2, 0.25) is 0 Å². The van der Waals surface area contributed by atoms with Gasteiger partial charge in [-0.05, 0) is 72.4 Å². The normalized spacial score (nSPS) is 19.8. The summed E-state index contributed by atoms with van der Waals surface area (Å²) in [6, 6.07) is 10.9. The zero-order valence-electron chi connectivity index (χ0n) is 17.4. The van der Waals surface area contributed by atoms with Gasteiger partial charge in [0.1, 0.15) is 7.05 Å². The molecule has 0 radical (unpaired) electrons. The number of nitrogens with zero attached hydrogens (tertiary/aromatic N) is 1. The molecule has 1 fully saturated rings. The standard InChI is InChI=1S/C26H26F2N/c1-15-9-16(2)17(3)22(10-15)23-13-21-12-20(19-5-7-26(27,28)14-19)11-18-6-8-29(4)25(23)24(18)21/h6,8-13,19H,5,7,14H2,1-4H3/q+1. The van der Waals surface area contributed by atoms with Crippen molar-refractivity contribution in [1.82, 2.24) is 0 Å². The largest absolute Gasteiger partial charge is 0.248 e. The van der Waals surface area contributed by atoms with Crippen molar-refractivity contribution in [3.05, 3.63) is 75.6 Å². The summed E-state index contributed by atoms with van der Waals surface area (Å²) >= 11 is 0. The van der Waals surface area contributed by atoms with Crippen LogP contribution >= 0.6 is 0 Å². The van der Waals surface area contributed by atoms with Crippen LogP contribution in [0.1, 0.15) is 64.3 Å². The number of halogens is 2. The molecule has 1 heterocycles. The molecule has 5 rings (SSSR count). The molecule has 0 amide bonds. The Labute approximate surface area is 170 Å². The summed E-state index contributed by atoms with van der Waals surface area (Å²) in [7, 11) is 2.08. The summed E-state index contributed by atoms with van der Waals surface area (Å²) in [5.41, 5.74) is 9.76. The van der Waals surface area contributed by atoms with Crippen LogP contribution in [0.15, 0.2) is 36.5 Å². The first-order valence-electron chi connectivity index (χ1n) is 10.4. The molecule has 1 unspecified atom stereocenters. The van der Waals surface area contributed by atoms with E-state index in [1.165, 1.54) is 38.9 Å².